The summed E-state index contributed by atoms with van der Waals surface area (Å²) in [5.74, 6) is 1.71. The summed E-state index contributed by atoms with van der Waals surface area (Å²) in [6.07, 6.45) is 4.63. The van der Waals surface area contributed by atoms with Crippen LogP contribution in [0, 0.1) is 12.8 Å². The molecule has 0 unspecified atom stereocenters. The van der Waals surface area contributed by atoms with E-state index in [-0.39, 0.29) is 0 Å². The number of hydrogen-bond donors (Lipinski definition) is 1. The molecule has 0 atom stereocenters. The fourth-order valence-electron chi connectivity index (χ4n) is 2.91. The molecule has 0 bridgehead atoms. The molecular formula is C17H24N4. The molecule has 2 heterocycles. The molecule has 1 fully saturated rings. The van der Waals surface area contributed by atoms with Crippen molar-refractivity contribution in [3.05, 3.63) is 42.2 Å². The largest absolute Gasteiger partial charge is 0.355 e. The molecule has 0 amide bonds. The van der Waals surface area contributed by atoms with Crippen molar-refractivity contribution in [2.75, 3.05) is 32.0 Å². The monoisotopic (exact) mass is 284 g/mol. The molecule has 21 heavy (non-hydrogen) atoms. The first-order chi connectivity index (χ1) is 10.2. The Labute approximate surface area is 126 Å². The summed E-state index contributed by atoms with van der Waals surface area (Å²) in [7, 11) is 2.20. The first-order valence-electron chi connectivity index (χ1n) is 7.76. The second-order valence-electron chi connectivity index (χ2n) is 6.04. The highest BCUT2D eigenvalue weighted by atomic mass is 15.2. The van der Waals surface area contributed by atoms with Gasteiger partial charge in [0.2, 0.25) is 5.95 Å². The number of nitrogens with one attached hydrogen (secondary N) is 1. The van der Waals surface area contributed by atoms with Crippen LogP contribution in [-0.2, 0) is 0 Å². The van der Waals surface area contributed by atoms with Gasteiger partial charge in [0.05, 0.1) is 5.69 Å². The van der Waals surface area contributed by atoms with Gasteiger partial charge in [0.15, 0.2) is 0 Å². The van der Waals surface area contributed by atoms with E-state index in [1.807, 2.05) is 13.0 Å². The highest BCUT2D eigenvalue weighted by Gasteiger charge is 2.17. The van der Waals surface area contributed by atoms with Crippen LogP contribution in [0.15, 0.2) is 36.5 Å². The summed E-state index contributed by atoms with van der Waals surface area (Å²) >= 11 is 0. The molecule has 1 aromatic heterocycles. The number of rotatable bonds is 4. The quantitative estimate of drug-likeness (QED) is 0.937. The Bertz CT molecular complexity index is 568. The van der Waals surface area contributed by atoms with Crippen LogP contribution in [-0.4, -0.2) is 41.1 Å². The molecule has 0 aliphatic carbocycles. The number of imidazole rings is 1. The Morgan fingerprint density at radius 1 is 1.19 bits per heavy atom. The normalized spacial score (nSPS) is 17.0. The predicted molar refractivity (Wildman–Crippen MR) is 87.0 cm³/mol. The van der Waals surface area contributed by atoms with Gasteiger partial charge >= 0.3 is 0 Å². The summed E-state index contributed by atoms with van der Waals surface area (Å²) in [5.41, 5.74) is 2.20. The van der Waals surface area contributed by atoms with Crippen LogP contribution < -0.4 is 5.32 Å². The van der Waals surface area contributed by atoms with Crippen molar-refractivity contribution in [2.45, 2.75) is 19.8 Å². The maximum atomic E-state index is 4.63. The zero-order valence-electron chi connectivity index (χ0n) is 12.9. The van der Waals surface area contributed by atoms with E-state index in [1.165, 1.54) is 25.9 Å². The third-order valence-corrected chi connectivity index (χ3v) is 4.25. The van der Waals surface area contributed by atoms with Crippen molar-refractivity contribution in [3.8, 4) is 5.69 Å². The van der Waals surface area contributed by atoms with Crippen LogP contribution in [0.5, 0.6) is 0 Å². The Morgan fingerprint density at radius 2 is 1.90 bits per heavy atom. The standard InChI is InChI=1S/C17H24N4/c1-14-13-21(16-6-4-3-5-7-16)17(19-14)18-12-15-8-10-20(2)11-9-15/h3-7,13,15H,8-12H2,1-2H3,(H,18,19). The van der Waals surface area contributed by atoms with E-state index < -0.39 is 0 Å². The van der Waals surface area contributed by atoms with Crippen LogP contribution in [0.3, 0.4) is 0 Å². The van der Waals surface area contributed by atoms with E-state index in [1.54, 1.807) is 0 Å². The number of aryl methyl sites for hydroxylation is 1. The highest BCUT2D eigenvalue weighted by molar-refractivity contribution is 5.42. The van der Waals surface area contributed by atoms with Gasteiger partial charge in [-0.3, -0.25) is 4.57 Å². The van der Waals surface area contributed by atoms with E-state index in [4.69, 9.17) is 0 Å². The molecule has 112 valence electrons. The molecule has 3 rings (SSSR count). The summed E-state index contributed by atoms with van der Waals surface area (Å²) < 4.78 is 2.14. The van der Waals surface area contributed by atoms with E-state index >= 15 is 0 Å². The predicted octanol–water partition coefficient (Wildman–Crippen LogP) is 2.93. The minimum absolute atomic E-state index is 0.752. The molecule has 1 saturated heterocycles. The van der Waals surface area contributed by atoms with Crippen molar-refractivity contribution in [1.82, 2.24) is 14.5 Å². The van der Waals surface area contributed by atoms with Gasteiger partial charge in [-0.25, -0.2) is 4.98 Å². The summed E-state index contributed by atoms with van der Waals surface area (Å²) in [6, 6.07) is 10.4. The zero-order chi connectivity index (χ0) is 14.7. The van der Waals surface area contributed by atoms with Crippen molar-refractivity contribution >= 4 is 5.95 Å². The van der Waals surface area contributed by atoms with E-state index in [9.17, 15) is 0 Å². The van der Waals surface area contributed by atoms with Crippen LogP contribution in [0.4, 0.5) is 5.95 Å². The Morgan fingerprint density at radius 3 is 2.62 bits per heavy atom. The number of hydrogen-bond acceptors (Lipinski definition) is 3. The zero-order valence-corrected chi connectivity index (χ0v) is 12.9. The van der Waals surface area contributed by atoms with Gasteiger partial charge in [-0.2, -0.15) is 0 Å². The lowest BCUT2D eigenvalue weighted by Crippen LogP contribution is -2.33. The Kier molecular flexibility index (Phi) is 4.25. The number of para-hydroxylation sites is 1. The molecule has 1 aliphatic heterocycles. The van der Waals surface area contributed by atoms with Crippen molar-refractivity contribution in [1.29, 1.82) is 0 Å². The van der Waals surface area contributed by atoms with Gasteiger partial charge in [0.1, 0.15) is 0 Å². The van der Waals surface area contributed by atoms with Gasteiger partial charge in [-0.15, -0.1) is 0 Å². The van der Waals surface area contributed by atoms with E-state index in [0.29, 0.717) is 0 Å². The number of aromatic nitrogens is 2. The molecule has 1 N–H and O–H groups in total. The second kappa shape index (κ2) is 6.31. The number of piperidine rings is 1. The maximum absolute atomic E-state index is 4.63. The topological polar surface area (TPSA) is 33.1 Å². The number of anilines is 1. The third kappa shape index (κ3) is 3.45. The molecule has 0 saturated carbocycles. The molecule has 2 aromatic rings. The lowest BCUT2D eigenvalue weighted by molar-refractivity contribution is 0.226. The summed E-state index contributed by atoms with van der Waals surface area (Å²) in [5, 5.41) is 3.55. The maximum Gasteiger partial charge on any atom is 0.207 e. The SMILES string of the molecule is Cc1cn(-c2ccccc2)c(NCC2CCN(C)CC2)n1. The number of likely N-dealkylation sites (tertiary alicyclic amines) is 1. The van der Waals surface area contributed by atoms with Crippen LogP contribution >= 0.6 is 0 Å². The van der Waals surface area contributed by atoms with E-state index in [0.717, 1.165) is 29.8 Å². The average Bonchev–Trinajstić information content (AvgIpc) is 2.89. The molecule has 1 aromatic carbocycles. The van der Waals surface area contributed by atoms with Crippen LogP contribution in [0.2, 0.25) is 0 Å². The van der Waals surface area contributed by atoms with Crippen molar-refractivity contribution in [2.24, 2.45) is 5.92 Å². The first-order valence-corrected chi connectivity index (χ1v) is 7.76. The van der Waals surface area contributed by atoms with Crippen molar-refractivity contribution in [3.63, 3.8) is 0 Å². The smallest absolute Gasteiger partial charge is 0.207 e. The summed E-state index contributed by atoms with van der Waals surface area (Å²) in [4.78, 5) is 7.04. The molecule has 4 nitrogen and oxygen atoms in total. The second-order valence-corrected chi connectivity index (χ2v) is 6.04. The first kappa shape index (κ1) is 14.1. The average molecular weight is 284 g/mol. The lowest BCUT2D eigenvalue weighted by atomic mass is 9.97. The fraction of sp³-hybridized carbons (Fsp3) is 0.471. The highest BCUT2D eigenvalue weighted by Crippen LogP contribution is 2.19. The van der Waals surface area contributed by atoms with E-state index in [2.05, 4.69) is 57.3 Å². The molecular weight excluding hydrogens is 260 g/mol. The minimum Gasteiger partial charge on any atom is -0.355 e. The van der Waals surface area contributed by atoms with Crippen LogP contribution in [0.25, 0.3) is 5.69 Å². The third-order valence-electron chi connectivity index (χ3n) is 4.25. The molecule has 1 aliphatic rings. The lowest BCUT2D eigenvalue weighted by Gasteiger charge is -2.29. The molecule has 0 spiro atoms. The summed E-state index contributed by atoms with van der Waals surface area (Å²) in [6.45, 7) is 5.47. The van der Waals surface area contributed by atoms with Gasteiger partial charge in [0, 0.05) is 18.4 Å². The van der Waals surface area contributed by atoms with Crippen molar-refractivity contribution < 1.29 is 0 Å². The van der Waals surface area contributed by atoms with Crippen LogP contribution in [0.1, 0.15) is 18.5 Å². The number of benzene rings is 1. The Balaban J connectivity index is 1.68. The minimum atomic E-state index is 0.752. The van der Waals surface area contributed by atoms with Gasteiger partial charge in [-0.1, -0.05) is 18.2 Å². The Hall–Kier alpha value is -1.81. The van der Waals surface area contributed by atoms with Gasteiger partial charge in [-0.05, 0) is 58.0 Å². The fourth-order valence-corrected chi connectivity index (χ4v) is 2.91. The molecule has 0 radical (unpaired) electrons. The number of nitrogens with zero attached hydrogens (tertiary/aromatic N) is 3. The van der Waals surface area contributed by atoms with Gasteiger partial charge in [0.25, 0.3) is 0 Å². The van der Waals surface area contributed by atoms with Gasteiger partial charge < -0.3 is 10.2 Å². The molecule has 4 heteroatoms.